The van der Waals surface area contributed by atoms with Crippen LogP contribution in [0, 0.1) is 11.7 Å². The first-order chi connectivity index (χ1) is 19.6. The van der Waals surface area contributed by atoms with Crippen LogP contribution in [0.2, 0.25) is 0 Å². The molecule has 8 rings (SSSR count). The van der Waals surface area contributed by atoms with E-state index >= 15 is 4.39 Å². The molecule has 2 aliphatic heterocycles. The number of aliphatic hydroxyl groups is 1. The number of fused-ring (bicyclic) bond motifs is 4. The number of imidazole rings is 1. The Bertz CT molecular complexity index is 1800. The van der Waals surface area contributed by atoms with Crippen LogP contribution < -0.4 is 16.4 Å². The summed E-state index contributed by atoms with van der Waals surface area (Å²) in [6, 6.07) is 4.95. The monoisotopic (exact) mass is 564 g/mol. The van der Waals surface area contributed by atoms with Gasteiger partial charge in [-0.15, -0.1) is 0 Å². The summed E-state index contributed by atoms with van der Waals surface area (Å²) in [6.45, 7) is 0.272. The highest BCUT2D eigenvalue weighted by Gasteiger charge is 2.57. The predicted molar refractivity (Wildman–Crippen MR) is 146 cm³/mol. The van der Waals surface area contributed by atoms with Crippen molar-refractivity contribution in [3.8, 4) is 11.3 Å². The van der Waals surface area contributed by atoms with E-state index < -0.39 is 23.9 Å². The molecule has 2 saturated heterocycles. The number of piperidine rings is 2. The zero-order chi connectivity index (χ0) is 28.6. The molecule has 3 fully saturated rings. The molecule has 14 heteroatoms. The molecule has 1 aromatic carbocycles. The lowest BCUT2D eigenvalue weighted by molar-refractivity contribution is -0.0917. The maximum atomic E-state index is 15.4. The number of nitrogens with two attached hydrogens (primary N) is 2. The Hall–Kier alpha value is -4.30. The highest BCUT2D eigenvalue weighted by molar-refractivity contribution is 5.85. The van der Waals surface area contributed by atoms with Crippen LogP contribution in [0.4, 0.5) is 24.7 Å². The number of aromatic nitrogens is 7. The minimum absolute atomic E-state index is 0.0255. The highest BCUT2D eigenvalue weighted by Crippen LogP contribution is 2.49. The normalized spacial score (nSPS) is 23.0. The topological polar surface area (TPSA) is 150 Å². The standard InChI is InChI=1S/C27H27F3N10O/c1-38-20-6-18(28)17(2-13(20)7-37-38)19-3-14(9-39-12-36-22-25(31)34-11-35-26(22)39)21(8-33-19)40-10-27(32,23(41)24(29)30)15-4-16(40)5-15/h2-3,6-8,11-12,15-16,23-24,41H,4-5,9-10,32H2,1H3,(H2,31,34,35)/t15?,16?,23-,27+/m1/s1. The van der Waals surface area contributed by atoms with E-state index in [0.29, 0.717) is 46.5 Å². The number of nitrogens with zero attached hydrogens (tertiary/aromatic N) is 8. The zero-order valence-electron chi connectivity index (χ0n) is 22.0. The molecule has 0 spiro atoms. The number of hydrogen-bond donors (Lipinski definition) is 3. The average Bonchev–Trinajstić information content (AvgIpc) is 3.50. The van der Waals surface area contributed by atoms with Crippen molar-refractivity contribution in [2.45, 2.75) is 43.5 Å². The van der Waals surface area contributed by atoms with E-state index in [4.69, 9.17) is 11.5 Å². The molecule has 2 atom stereocenters. The van der Waals surface area contributed by atoms with E-state index in [0.717, 1.165) is 10.9 Å². The second-order valence-electron chi connectivity index (χ2n) is 11.0. The third kappa shape index (κ3) is 3.92. The summed E-state index contributed by atoms with van der Waals surface area (Å²) >= 11 is 0. The first kappa shape index (κ1) is 25.7. The van der Waals surface area contributed by atoms with Crippen molar-refractivity contribution in [2.24, 2.45) is 18.7 Å². The lowest BCUT2D eigenvalue weighted by Crippen LogP contribution is -2.75. The van der Waals surface area contributed by atoms with E-state index in [9.17, 15) is 13.9 Å². The number of nitrogen functional groups attached to an aromatic ring is 1. The van der Waals surface area contributed by atoms with Crippen molar-refractivity contribution >= 4 is 33.6 Å². The number of alkyl halides is 2. The van der Waals surface area contributed by atoms with Gasteiger partial charge in [0.15, 0.2) is 11.5 Å². The van der Waals surface area contributed by atoms with Crippen LogP contribution >= 0.6 is 0 Å². The van der Waals surface area contributed by atoms with Crippen LogP contribution in [0.3, 0.4) is 0 Å². The summed E-state index contributed by atoms with van der Waals surface area (Å²) in [6.07, 6.45) is 2.43. The first-order valence-corrected chi connectivity index (χ1v) is 13.2. The molecule has 6 heterocycles. The Kier molecular flexibility index (Phi) is 5.70. The molecule has 5 aromatic rings. The van der Waals surface area contributed by atoms with Crippen molar-refractivity contribution in [2.75, 3.05) is 17.2 Å². The minimum atomic E-state index is -2.97. The summed E-state index contributed by atoms with van der Waals surface area (Å²) in [5.41, 5.74) is 14.6. The van der Waals surface area contributed by atoms with Gasteiger partial charge in [-0.1, -0.05) is 0 Å². The maximum Gasteiger partial charge on any atom is 0.265 e. The van der Waals surface area contributed by atoms with Gasteiger partial charge in [-0.3, -0.25) is 9.67 Å². The average molecular weight is 565 g/mol. The molecule has 41 heavy (non-hydrogen) atoms. The molecule has 1 aliphatic carbocycles. The second kappa shape index (κ2) is 9.11. The summed E-state index contributed by atoms with van der Waals surface area (Å²) in [5, 5.41) is 15.4. The van der Waals surface area contributed by atoms with Crippen molar-refractivity contribution in [3.05, 3.63) is 54.6 Å². The van der Waals surface area contributed by atoms with Crippen LogP contribution in [0.25, 0.3) is 33.3 Å². The molecule has 2 bridgehead atoms. The van der Waals surface area contributed by atoms with Gasteiger partial charge in [-0.2, -0.15) is 5.10 Å². The summed E-state index contributed by atoms with van der Waals surface area (Å²) in [7, 11) is 1.74. The van der Waals surface area contributed by atoms with Crippen LogP contribution in [-0.2, 0) is 13.6 Å². The molecule has 5 N–H and O–H groups in total. The van der Waals surface area contributed by atoms with E-state index in [2.05, 4.69) is 25.0 Å². The minimum Gasteiger partial charge on any atom is -0.385 e. The molecule has 0 amide bonds. The molecule has 212 valence electrons. The van der Waals surface area contributed by atoms with Crippen LogP contribution in [-0.4, -0.2) is 70.0 Å². The molecule has 4 aromatic heterocycles. The van der Waals surface area contributed by atoms with E-state index in [1.54, 1.807) is 47.2 Å². The fourth-order valence-corrected chi connectivity index (χ4v) is 6.28. The fraction of sp³-hybridized carbons (Fsp3) is 0.370. The first-order valence-electron chi connectivity index (χ1n) is 13.2. The molecule has 0 radical (unpaired) electrons. The number of aliphatic hydroxyl groups excluding tert-OH is 1. The number of benzene rings is 1. The summed E-state index contributed by atoms with van der Waals surface area (Å²) in [4.78, 5) is 19.2. The van der Waals surface area contributed by atoms with E-state index in [1.165, 1.54) is 12.4 Å². The van der Waals surface area contributed by atoms with Gasteiger partial charge in [0.25, 0.3) is 6.43 Å². The Morgan fingerprint density at radius 2 is 1.93 bits per heavy atom. The summed E-state index contributed by atoms with van der Waals surface area (Å²) in [5.74, 6) is -0.426. The summed E-state index contributed by atoms with van der Waals surface area (Å²) < 4.78 is 46.0. The van der Waals surface area contributed by atoms with Crippen LogP contribution in [0.5, 0.6) is 0 Å². The molecule has 1 saturated carbocycles. The number of hydrogen-bond acceptors (Lipinski definition) is 9. The Morgan fingerprint density at radius 3 is 2.71 bits per heavy atom. The van der Waals surface area contributed by atoms with E-state index in [1.807, 2.05) is 4.90 Å². The van der Waals surface area contributed by atoms with Crippen LogP contribution in [0.1, 0.15) is 18.4 Å². The smallest absolute Gasteiger partial charge is 0.265 e. The van der Waals surface area contributed by atoms with Crippen molar-refractivity contribution in [3.63, 3.8) is 0 Å². The van der Waals surface area contributed by atoms with Gasteiger partial charge < -0.3 is 26.0 Å². The van der Waals surface area contributed by atoms with Gasteiger partial charge in [-0.05, 0) is 36.5 Å². The zero-order valence-corrected chi connectivity index (χ0v) is 22.0. The largest absolute Gasteiger partial charge is 0.385 e. The Balaban J connectivity index is 1.35. The predicted octanol–water partition coefficient (Wildman–Crippen LogP) is 2.47. The lowest BCUT2D eigenvalue weighted by atomic mass is 9.61. The van der Waals surface area contributed by atoms with Crippen molar-refractivity contribution < 1.29 is 18.3 Å². The van der Waals surface area contributed by atoms with Crippen LogP contribution in [0.15, 0.2) is 43.2 Å². The third-order valence-electron chi connectivity index (χ3n) is 8.70. The molecular formula is C27H27F3N10O. The van der Waals surface area contributed by atoms with Gasteiger partial charge in [0.1, 0.15) is 23.8 Å². The molecule has 3 aliphatic rings. The quantitative estimate of drug-likeness (QED) is 0.283. The molecule has 0 unspecified atom stereocenters. The van der Waals surface area contributed by atoms with Gasteiger partial charge >= 0.3 is 0 Å². The third-order valence-corrected chi connectivity index (χ3v) is 8.70. The maximum absolute atomic E-state index is 15.4. The van der Waals surface area contributed by atoms with E-state index in [-0.39, 0.29) is 30.9 Å². The molecular weight excluding hydrogens is 537 g/mol. The van der Waals surface area contributed by atoms with Crippen molar-refractivity contribution in [1.82, 2.24) is 34.3 Å². The number of rotatable bonds is 6. The highest BCUT2D eigenvalue weighted by atomic mass is 19.3. The number of pyridine rings is 1. The Labute approximate surface area is 231 Å². The fourth-order valence-electron chi connectivity index (χ4n) is 6.28. The van der Waals surface area contributed by atoms with Gasteiger partial charge in [0.05, 0.1) is 47.7 Å². The van der Waals surface area contributed by atoms with Crippen molar-refractivity contribution in [1.29, 1.82) is 0 Å². The van der Waals surface area contributed by atoms with Gasteiger partial charge in [0, 0.05) is 36.7 Å². The molecule has 11 nitrogen and oxygen atoms in total. The Morgan fingerprint density at radius 1 is 1.12 bits per heavy atom. The lowest BCUT2D eigenvalue weighted by Gasteiger charge is -2.60. The SMILES string of the molecule is Cn1ncc2cc(-c3cc(Cn4cnc5c(N)ncnc54)c(N4C[C@@](N)([C@H](O)C(F)F)C5CC4C5)cn3)c(F)cc21. The number of halogens is 3. The van der Waals surface area contributed by atoms with Gasteiger partial charge in [0.2, 0.25) is 0 Å². The number of anilines is 2. The number of aryl methyl sites for hydroxylation is 1. The second-order valence-corrected chi connectivity index (χ2v) is 11.0. The van der Waals surface area contributed by atoms with Gasteiger partial charge in [-0.25, -0.2) is 28.1 Å².